The molecule has 0 aliphatic heterocycles. The number of pyridine rings is 1. The molecule has 0 aromatic carbocycles. The molecule has 3 rings (SSSR count). The van der Waals surface area contributed by atoms with Crippen molar-refractivity contribution >= 4 is 17.0 Å². The molecule has 0 bridgehead atoms. The van der Waals surface area contributed by atoms with Crippen LogP contribution in [0.3, 0.4) is 0 Å². The SMILES string of the molecule is CCCn1c(=O)[nH]c(=O)c2cc(C(=O)OC3CCCCCCC3)cnc21. The zero-order valence-corrected chi connectivity index (χ0v) is 15.1. The van der Waals surface area contributed by atoms with E-state index < -0.39 is 17.2 Å². The zero-order valence-electron chi connectivity index (χ0n) is 15.1. The van der Waals surface area contributed by atoms with E-state index in [-0.39, 0.29) is 17.1 Å². The highest BCUT2D eigenvalue weighted by molar-refractivity contribution is 5.92. The zero-order chi connectivity index (χ0) is 18.5. The van der Waals surface area contributed by atoms with Crippen molar-refractivity contribution in [2.24, 2.45) is 0 Å². The van der Waals surface area contributed by atoms with E-state index in [4.69, 9.17) is 4.74 Å². The summed E-state index contributed by atoms with van der Waals surface area (Å²) in [4.78, 5) is 43.1. The second-order valence-corrected chi connectivity index (χ2v) is 6.88. The van der Waals surface area contributed by atoms with Gasteiger partial charge in [0.15, 0.2) is 0 Å². The minimum absolute atomic E-state index is 0.0779. The summed E-state index contributed by atoms with van der Waals surface area (Å²) >= 11 is 0. The molecule has 0 saturated heterocycles. The largest absolute Gasteiger partial charge is 0.459 e. The minimum Gasteiger partial charge on any atom is -0.459 e. The standard InChI is InChI=1S/C19H25N3O4/c1-2-10-22-16-15(17(23)21-19(22)25)11-13(12-20-16)18(24)26-14-8-6-4-3-5-7-9-14/h11-12,14H,2-10H2,1H3,(H,21,23,25). The van der Waals surface area contributed by atoms with Crippen LogP contribution in [0, 0.1) is 0 Å². The van der Waals surface area contributed by atoms with Gasteiger partial charge in [0.2, 0.25) is 0 Å². The van der Waals surface area contributed by atoms with E-state index in [0.717, 1.165) is 32.1 Å². The van der Waals surface area contributed by atoms with E-state index in [1.165, 1.54) is 36.1 Å². The normalized spacial score (nSPS) is 16.2. The highest BCUT2D eigenvalue weighted by atomic mass is 16.5. The molecule has 0 atom stereocenters. The van der Waals surface area contributed by atoms with Crippen molar-refractivity contribution < 1.29 is 9.53 Å². The number of esters is 1. The van der Waals surface area contributed by atoms with Gasteiger partial charge >= 0.3 is 11.7 Å². The van der Waals surface area contributed by atoms with Crippen LogP contribution in [0.1, 0.15) is 68.6 Å². The number of hydrogen-bond acceptors (Lipinski definition) is 5. The fraction of sp³-hybridized carbons (Fsp3) is 0.579. The van der Waals surface area contributed by atoms with Crippen molar-refractivity contribution in [1.82, 2.24) is 14.5 Å². The molecule has 0 unspecified atom stereocenters. The Morgan fingerprint density at radius 2 is 1.92 bits per heavy atom. The van der Waals surface area contributed by atoms with Gasteiger partial charge in [-0.1, -0.05) is 26.2 Å². The van der Waals surface area contributed by atoms with Gasteiger partial charge in [-0.3, -0.25) is 14.3 Å². The Balaban J connectivity index is 1.87. The molecule has 7 nitrogen and oxygen atoms in total. The molecule has 7 heteroatoms. The molecule has 1 saturated carbocycles. The Hall–Kier alpha value is -2.44. The van der Waals surface area contributed by atoms with Gasteiger partial charge in [0.1, 0.15) is 11.8 Å². The van der Waals surface area contributed by atoms with Gasteiger partial charge < -0.3 is 4.74 Å². The lowest BCUT2D eigenvalue weighted by Crippen LogP contribution is -2.31. The summed E-state index contributed by atoms with van der Waals surface area (Å²) in [6.07, 6.45) is 9.53. The van der Waals surface area contributed by atoms with Gasteiger partial charge in [-0.2, -0.15) is 0 Å². The molecule has 2 aromatic heterocycles. The lowest BCUT2D eigenvalue weighted by molar-refractivity contribution is 0.0239. The summed E-state index contributed by atoms with van der Waals surface area (Å²) in [6, 6.07) is 1.47. The molecular formula is C19H25N3O4. The van der Waals surface area contributed by atoms with E-state index in [1.807, 2.05) is 6.92 Å². The number of aryl methyl sites for hydroxylation is 1. The number of nitrogens with zero attached hydrogens (tertiary/aromatic N) is 2. The third kappa shape index (κ3) is 4.03. The molecule has 2 aromatic rings. The predicted molar refractivity (Wildman–Crippen MR) is 98.4 cm³/mol. The number of ether oxygens (including phenoxy) is 1. The highest BCUT2D eigenvalue weighted by Gasteiger charge is 2.19. The number of carbonyl (C=O) groups excluding carboxylic acids is 1. The number of hydrogen-bond donors (Lipinski definition) is 1. The van der Waals surface area contributed by atoms with Crippen LogP contribution < -0.4 is 11.2 Å². The van der Waals surface area contributed by atoms with Crippen LogP contribution in [0.15, 0.2) is 21.9 Å². The quantitative estimate of drug-likeness (QED) is 0.847. The highest BCUT2D eigenvalue weighted by Crippen LogP contribution is 2.21. The van der Waals surface area contributed by atoms with Crippen molar-refractivity contribution in [2.45, 2.75) is 70.9 Å². The summed E-state index contributed by atoms with van der Waals surface area (Å²) in [5.74, 6) is -0.461. The Kier molecular flexibility index (Phi) is 5.85. The monoisotopic (exact) mass is 359 g/mol. The first-order valence-electron chi connectivity index (χ1n) is 9.44. The second-order valence-electron chi connectivity index (χ2n) is 6.88. The van der Waals surface area contributed by atoms with Crippen LogP contribution in [-0.4, -0.2) is 26.6 Å². The number of H-pyrrole nitrogens is 1. The first-order valence-corrected chi connectivity index (χ1v) is 9.44. The Bertz CT molecular complexity index is 892. The third-order valence-corrected chi connectivity index (χ3v) is 4.84. The van der Waals surface area contributed by atoms with Gasteiger partial charge in [0.25, 0.3) is 5.56 Å². The molecule has 0 radical (unpaired) electrons. The summed E-state index contributed by atoms with van der Waals surface area (Å²) in [5.41, 5.74) is -0.484. The summed E-state index contributed by atoms with van der Waals surface area (Å²) < 4.78 is 7.06. The van der Waals surface area contributed by atoms with Crippen LogP contribution in [0.4, 0.5) is 0 Å². The van der Waals surface area contributed by atoms with Crippen molar-refractivity contribution in [3.8, 4) is 0 Å². The fourth-order valence-corrected chi connectivity index (χ4v) is 3.47. The van der Waals surface area contributed by atoms with E-state index >= 15 is 0 Å². The van der Waals surface area contributed by atoms with Crippen LogP contribution in [-0.2, 0) is 11.3 Å². The molecular weight excluding hydrogens is 334 g/mol. The second kappa shape index (κ2) is 8.29. The fourth-order valence-electron chi connectivity index (χ4n) is 3.47. The molecule has 26 heavy (non-hydrogen) atoms. The average Bonchev–Trinajstić information content (AvgIpc) is 2.60. The Morgan fingerprint density at radius 1 is 1.23 bits per heavy atom. The third-order valence-electron chi connectivity index (χ3n) is 4.84. The molecule has 1 aliphatic rings. The summed E-state index contributed by atoms with van der Waals surface area (Å²) in [6.45, 7) is 2.38. The van der Waals surface area contributed by atoms with Crippen LogP contribution in [0.5, 0.6) is 0 Å². The van der Waals surface area contributed by atoms with E-state index in [0.29, 0.717) is 12.2 Å². The van der Waals surface area contributed by atoms with Gasteiger partial charge in [0.05, 0.1) is 10.9 Å². The number of aromatic nitrogens is 3. The number of rotatable bonds is 4. The maximum absolute atomic E-state index is 12.5. The van der Waals surface area contributed by atoms with Gasteiger partial charge in [-0.05, 0) is 38.2 Å². The molecule has 1 fully saturated rings. The summed E-state index contributed by atoms with van der Waals surface area (Å²) in [5, 5.41) is 0.227. The molecule has 0 spiro atoms. The van der Waals surface area contributed by atoms with Gasteiger partial charge in [0, 0.05) is 12.7 Å². The van der Waals surface area contributed by atoms with Crippen LogP contribution in [0.25, 0.3) is 11.0 Å². The van der Waals surface area contributed by atoms with Gasteiger partial charge in [-0.15, -0.1) is 0 Å². The molecule has 1 aliphatic carbocycles. The number of aromatic amines is 1. The average molecular weight is 359 g/mol. The smallest absolute Gasteiger partial charge is 0.340 e. The number of nitrogens with one attached hydrogen (secondary N) is 1. The number of fused-ring (bicyclic) bond motifs is 1. The van der Waals surface area contributed by atoms with Crippen LogP contribution >= 0.6 is 0 Å². The molecule has 0 amide bonds. The predicted octanol–water partition coefficient (Wildman–Crippen LogP) is 2.76. The Labute approximate surface area is 151 Å². The maximum Gasteiger partial charge on any atom is 0.340 e. The Morgan fingerprint density at radius 3 is 2.62 bits per heavy atom. The summed E-state index contributed by atoms with van der Waals surface area (Å²) in [7, 11) is 0. The van der Waals surface area contributed by atoms with Crippen molar-refractivity contribution in [3.63, 3.8) is 0 Å². The van der Waals surface area contributed by atoms with Crippen molar-refractivity contribution in [2.75, 3.05) is 0 Å². The van der Waals surface area contributed by atoms with E-state index in [9.17, 15) is 14.4 Å². The maximum atomic E-state index is 12.5. The topological polar surface area (TPSA) is 94.1 Å². The lowest BCUT2D eigenvalue weighted by atomic mass is 9.98. The molecule has 140 valence electrons. The van der Waals surface area contributed by atoms with Crippen molar-refractivity contribution in [1.29, 1.82) is 0 Å². The van der Waals surface area contributed by atoms with Gasteiger partial charge in [-0.25, -0.2) is 14.6 Å². The number of carbonyl (C=O) groups is 1. The lowest BCUT2D eigenvalue weighted by Gasteiger charge is -2.20. The first kappa shape index (κ1) is 18.4. The minimum atomic E-state index is -0.537. The molecule has 1 N–H and O–H groups in total. The molecule has 2 heterocycles. The van der Waals surface area contributed by atoms with Crippen molar-refractivity contribution in [3.05, 3.63) is 38.7 Å². The first-order chi connectivity index (χ1) is 12.6. The van der Waals surface area contributed by atoms with E-state index in [1.54, 1.807) is 0 Å². The van der Waals surface area contributed by atoms with E-state index in [2.05, 4.69) is 9.97 Å². The van der Waals surface area contributed by atoms with Crippen LogP contribution in [0.2, 0.25) is 0 Å².